The van der Waals surface area contributed by atoms with Gasteiger partial charge in [-0.3, -0.25) is 9.59 Å². The van der Waals surface area contributed by atoms with E-state index in [1.807, 2.05) is 0 Å². The molecule has 4 nitrogen and oxygen atoms in total. The van der Waals surface area contributed by atoms with Crippen LogP contribution in [0.1, 0.15) is 37.4 Å². The summed E-state index contributed by atoms with van der Waals surface area (Å²) >= 11 is 0. The fourth-order valence-electron chi connectivity index (χ4n) is 2.53. The standard InChI is InChI=1S/C19H12O4/c20-17(21)8-4-1-5-12-9-10-15-16(11-12)19(23)14-7-3-2-6-13(14)18(15)22/h1-11H,(H,20,21). The summed E-state index contributed by atoms with van der Waals surface area (Å²) in [7, 11) is 0. The van der Waals surface area contributed by atoms with Crippen molar-refractivity contribution in [2.75, 3.05) is 0 Å². The number of carboxylic acid groups (broad SMARTS) is 1. The van der Waals surface area contributed by atoms with E-state index < -0.39 is 5.97 Å². The topological polar surface area (TPSA) is 71.4 Å². The first-order chi connectivity index (χ1) is 11.1. The van der Waals surface area contributed by atoms with Gasteiger partial charge in [-0.1, -0.05) is 48.6 Å². The van der Waals surface area contributed by atoms with Gasteiger partial charge in [0.25, 0.3) is 0 Å². The molecule has 1 aliphatic rings. The minimum Gasteiger partial charge on any atom is -0.478 e. The summed E-state index contributed by atoms with van der Waals surface area (Å²) in [5.41, 5.74) is 2.33. The highest BCUT2D eigenvalue weighted by Crippen LogP contribution is 2.28. The molecule has 1 aliphatic carbocycles. The number of hydrogen-bond acceptors (Lipinski definition) is 3. The van der Waals surface area contributed by atoms with Gasteiger partial charge in [-0.05, 0) is 17.7 Å². The van der Waals surface area contributed by atoms with Crippen LogP contribution >= 0.6 is 0 Å². The molecule has 0 aromatic heterocycles. The van der Waals surface area contributed by atoms with Gasteiger partial charge >= 0.3 is 5.97 Å². The predicted molar refractivity (Wildman–Crippen MR) is 85.6 cm³/mol. The molecule has 0 atom stereocenters. The van der Waals surface area contributed by atoms with Gasteiger partial charge in [0.15, 0.2) is 11.6 Å². The van der Waals surface area contributed by atoms with Gasteiger partial charge in [0.05, 0.1) is 0 Å². The molecule has 0 heterocycles. The van der Waals surface area contributed by atoms with Crippen LogP contribution in [0.25, 0.3) is 6.08 Å². The number of fused-ring (bicyclic) bond motifs is 2. The van der Waals surface area contributed by atoms with Crippen molar-refractivity contribution in [3.63, 3.8) is 0 Å². The lowest BCUT2D eigenvalue weighted by Crippen LogP contribution is -2.20. The summed E-state index contributed by atoms with van der Waals surface area (Å²) < 4.78 is 0. The molecular formula is C19H12O4. The van der Waals surface area contributed by atoms with Crippen molar-refractivity contribution in [2.45, 2.75) is 0 Å². The van der Waals surface area contributed by atoms with Crippen LogP contribution in [0, 0.1) is 0 Å². The molecule has 0 unspecified atom stereocenters. The number of hydrogen-bond donors (Lipinski definition) is 1. The Morgan fingerprint density at radius 1 is 0.826 bits per heavy atom. The molecule has 4 heteroatoms. The molecule has 3 rings (SSSR count). The zero-order valence-electron chi connectivity index (χ0n) is 12.0. The van der Waals surface area contributed by atoms with E-state index in [4.69, 9.17) is 5.11 Å². The van der Waals surface area contributed by atoms with Crippen LogP contribution in [0.15, 0.2) is 60.7 Å². The highest BCUT2D eigenvalue weighted by Gasteiger charge is 2.28. The largest absolute Gasteiger partial charge is 0.478 e. The fourth-order valence-corrected chi connectivity index (χ4v) is 2.53. The number of carboxylic acids is 1. The number of benzene rings is 2. The Balaban J connectivity index is 1.99. The van der Waals surface area contributed by atoms with E-state index in [1.54, 1.807) is 54.6 Å². The molecule has 0 saturated carbocycles. The first kappa shape index (κ1) is 14.7. The molecule has 23 heavy (non-hydrogen) atoms. The molecule has 0 saturated heterocycles. The molecule has 0 spiro atoms. The Hall–Kier alpha value is -3.27. The smallest absolute Gasteiger partial charge is 0.328 e. The maximum Gasteiger partial charge on any atom is 0.328 e. The quantitative estimate of drug-likeness (QED) is 0.596. The van der Waals surface area contributed by atoms with Crippen molar-refractivity contribution in [1.29, 1.82) is 0 Å². The molecule has 112 valence electrons. The summed E-state index contributed by atoms with van der Waals surface area (Å²) in [5.74, 6) is -1.36. The third-order valence-corrected chi connectivity index (χ3v) is 3.59. The van der Waals surface area contributed by atoms with E-state index in [0.29, 0.717) is 22.3 Å². The zero-order valence-corrected chi connectivity index (χ0v) is 12.0. The van der Waals surface area contributed by atoms with Gasteiger partial charge in [0, 0.05) is 28.3 Å². The van der Waals surface area contributed by atoms with Gasteiger partial charge in [0.1, 0.15) is 0 Å². The van der Waals surface area contributed by atoms with E-state index in [-0.39, 0.29) is 11.6 Å². The summed E-state index contributed by atoms with van der Waals surface area (Å²) in [6, 6.07) is 11.8. The number of allylic oxidation sites excluding steroid dienone is 2. The molecule has 2 aromatic rings. The van der Waals surface area contributed by atoms with Crippen molar-refractivity contribution in [2.24, 2.45) is 0 Å². The molecular weight excluding hydrogens is 292 g/mol. The van der Waals surface area contributed by atoms with Gasteiger partial charge in [-0.25, -0.2) is 4.79 Å². The van der Waals surface area contributed by atoms with E-state index in [9.17, 15) is 14.4 Å². The van der Waals surface area contributed by atoms with Crippen LogP contribution in [0.5, 0.6) is 0 Å². The SMILES string of the molecule is O=C(O)C=CC=Cc1ccc2c(c1)C(=O)c1ccccc1C2=O. The van der Waals surface area contributed by atoms with Crippen LogP contribution in [-0.4, -0.2) is 22.6 Å². The van der Waals surface area contributed by atoms with Gasteiger partial charge in [-0.2, -0.15) is 0 Å². The number of carbonyl (C=O) groups excluding carboxylic acids is 2. The maximum absolute atomic E-state index is 12.6. The van der Waals surface area contributed by atoms with Crippen LogP contribution < -0.4 is 0 Å². The lowest BCUT2D eigenvalue weighted by atomic mass is 9.83. The van der Waals surface area contributed by atoms with Crippen molar-refractivity contribution >= 4 is 23.6 Å². The fraction of sp³-hybridized carbons (Fsp3) is 0. The molecule has 0 aliphatic heterocycles. The summed E-state index contributed by atoms with van der Waals surface area (Å²) in [6.45, 7) is 0. The van der Waals surface area contributed by atoms with Crippen LogP contribution in [-0.2, 0) is 4.79 Å². The van der Waals surface area contributed by atoms with E-state index >= 15 is 0 Å². The molecule has 2 aromatic carbocycles. The second-order valence-corrected chi connectivity index (χ2v) is 5.07. The van der Waals surface area contributed by atoms with Crippen molar-refractivity contribution < 1.29 is 19.5 Å². The maximum atomic E-state index is 12.6. The average Bonchev–Trinajstić information content (AvgIpc) is 2.56. The van der Waals surface area contributed by atoms with Crippen molar-refractivity contribution in [3.05, 3.63) is 88.5 Å². The van der Waals surface area contributed by atoms with Crippen molar-refractivity contribution in [3.8, 4) is 0 Å². The number of aliphatic carboxylic acids is 1. The Morgan fingerprint density at radius 3 is 2.09 bits per heavy atom. The highest BCUT2D eigenvalue weighted by molar-refractivity contribution is 6.28. The predicted octanol–water partition coefficient (Wildman–Crippen LogP) is 3.12. The first-order valence-electron chi connectivity index (χ1n) is 6.98. The zero-order chi connectivity index (χ0) is 16.4. The molecule has 0 fully saturated rings. The summed E-state index contributed by atoms with van der Waals surface area (Å²) in [4.78, 5) is 35.4. The Morgan fingerprint density at radius 2 is 1.43 bits per heavy atom. The third-order valence-electron chi connectivity index (χ3n) is 3.59. The van der Waals surface area contributed by atoms with E-state index in [0.717, 1.165) is 11.6 Å². The van der Waals surface area contributed by atoms with Gasteiger partial charge < -0.3 is 5.11 Å². The lowest BCUT2D eigenvalue weighted by Gasteiger charge is -2.17. The molecule has 0 radical (unpaired) electrons. The minimum atomic E-state index is -1.03. The highest BCUT2D eigenvalue weighted by atomic mass is 16.4. The van der Waals surface area contributed by atoms with Gasteiger partial charge in [0.2, 0.25) is 0 Å². The van der Waals surface area contributed by atoms with Gasteiger partial charge in [-0.15, -0.1) is 0 Å². The summed E-state index contributed by atoms with van der Waals surface area (Å²) in [6.07, 6.45) is 5.65. The van der Waals surface area contributed by atoms with Crippen LogP contribution in [0.2, 0.25) is 0 Å². The number of ketones is 2. The average molecular weight is 304 g/mol. The molecule has 0 amide bonds. The van der Waals surface area contributed by atoms with Crippen molar-refractivity contribution in [1.82, 2.24) is 0 Å². The number of carbonyl (C=O) groups is 3. The third kappa shape index (κ3) is 2.74. The lowest BCUT2D eigenvalue weighted by molar-refractivity contribution is -0.131. The minimum absolute atomic E-state index is 0.156. The Bertz CT molecular complexity index is 888. The molecule has 0 bridgehead atoms. The van der Waals surface area contributed by atoms with Crippen LogP contribution in [0.3, 0.4) is 0 Å². The molecule has 1 N–H and O–H groups in total. The Kier molecular flexibility index (Phi) is 3.73. The van der Waals surface area contributed by atoms with E-state index in [1.165, 1.54) is 6.08 Å². The van der Waals surface area contributed by atoms with Crippen LogP contribution in [0.4, 0.5) is 0 Å². The second-order valence-electron chi connectivity index (χ2n) is 5.07. The second kappa shape index (κ2) is 5.85. The monoisotopic (exact) mass is 304 g/mol. The Labute approximate surface area is 132 Å². The van der Waals surface area contributed by atoms with E-state index in [2.05, 4.69) is 0 Å². The summed E-state index contributed by atoms with van der Waals surface area (Å²) in [5, 5.41) is 8.52. The first-order valence-corrected chi connectivity index (χ1v) is 6.98. The normalized spacial score (nSPS) is 13.4. The number of rotatable bonds is 3.